The summed E-state index contributed by atoms with van der Waals surface area (Å²) in [6.07, 6.45) is 0.695. The molecule has 0 saturated carbocycles. The Balaban J connectivity index is 2.79. The monoisotopic (exact) mass is 244 g/mol. The number of rotatable bonds is 1. The number of piperidine rings is 1. The van der Waals surface area contributed by atoms with Gasteiger partial charge >= 0.3 is 12.1 Å². The Morgan fingerprint density at radius 1 is 1.41 bits per heavy atom. The van der Waals surface area contributed by atoms with Gasteiger partial charge in [-0.15, -0.1) is 0 Å². The molecule has 0 spiro atoms. The number of carbonyl (C=O) groups is 2. The largest absolute Gasteiger partial charge is 0.480 e. The van der Waals surface area contributed by atoms with Gasteiger partial charge in [0.25, 0.3) is 0 Å². The van der Waals surface area contributed by atoms with Crippen LogP contribution in [0.25, 0.3) is 0 Å². The van der Waals surface area contributed by atoms with Crippen LogP contribution in [0.2, 0.25) is 0 Å². The summed E-state index contributed by atoms with van der Waals surface area (Å²) in [5.74, 6) is -1.08. The summed E-state index contributed by atoms with van der Waals surface area (Å²) in [4.78, 5) is 24.2. The topological polar surface area (TPSA) is 92.9 Å². The molecule has 2 unspecified atom stereocenters. The van der Waals surface area contributed by atoms with Crippen molar-refractivity contribution in [3.05, 3.63) is 0 Å². The van der Waals surface area contributed by atoms with Gasteiger partial charge < -0.3 is 15.6 Å². The molecule has 6 nitrogen and oxygen atoms in total. The minimum absolute atomic E-state index is 0.375. The standard InChI is InChI=1S/C11H20N2O4/c1-11(2,3)17-10(16)13-6-4-5-7(12)8(13)9(14)15/h7-8H,4-6,12H2,1-3H3,(H,14,15). The molecule has 1 saturated heterocycles. The van der Waals surface area contributed by atoms with Gasteiger partial charge in [0.2, 0.25) is 0 Å². The van der Waals surface area contributed by atoms with E-state index in [0.717, 1.165) is 0 Å². The van der Waals surface area contributed by atoms with Gasteiger partial charge in [0.1, 0.15) is 11.6 Å². The fourth-order valence-corrected chi connectivity index (χ4v) is 1.87. The van der Waals surface area contributed by atoms with Crippen molar-refractivity contribution in [2.24, 2.45) is 5.73 Å². The highest BCUT2D eigenvalue weighted by molar-refractivity contribution is 5.81. The number of carboxylic acid groups (broad SMARTS) is 1. The number of likely N-dealkylation sites (tertiary alicyclic amines) is 1. The Labute approximate surface area is 101 Å². The quantitative estimate of drug-likeness (QED) is 0.711. The summed E-state index contributed by atoms with van der Waals surface area (Å²) in [5.41, 5.74) is 5.10. The lowest BCUT2D eigenvalue weighted by Gasteiger charge is -2.37. The van der Waals surface area contributed by atoms with Crippen molar-refractivity contribution in [3.63, 3.8) is 0 Å². The predicted molar refractivity (Wildman–Crippen MR) is 61.6 cm³/mol. The van der Waals surface area contributed by atoms with Crippen LogP contribution in [-0.2, 0) is 9.53 Å². The van der Waals surface area contributed by atoms with Gasteiger partial charge in [-0.1, -0.05) is 0 Å². The summed E-state index contributed by atoms with van der Waals surface area (Å²) in [5, 5.41) is 9.10. The van der Waals surface area contributed by atoms with Crippen molar-refractivity contribution in [1.82, 2.24) is 4.90 Å². The second-order valence-corrected chi connectivity index (χ2v) is 5.26. The molecule has 3 N–H and O–H groups in total. The fourth-order valence-electron chi connectivity index (χ4n) is 1.87. The molecule has 6 heteroatoms. The molecule has 1 fully saturated rings. The number of carboxylic acids is 1. The molecule has 0 bridgehead atoms. The average Bonchev–Trinajstić information content (AvgIpc) is 2.13. The average molecular weight is 244 g/mol. The summed E-state index contributed by atoms with van der Waals surface area (Å²) in [6, 6.07) is -1.52. The van der Waals surface area contributed by atoms with E-state index in [1.165, 1.54) is 4.90 Å². The molecular weight excluding hydrogens is 224 g/mol. The molecular formula is C11H20N2O4. The van der Waals surface area contributed by atoms with Crippen molar-refractivity contribution >= 4 is 12.1 Å². The highest BCUT2D eigenvalue weighted by atomic mass is 16.6. The predicted octanol–water partition coefficient (Wildman–Crippen LogP) is 0.798. The van der Waals surface area contributed by atoms with Crippen LogP contribution < -0.4 is 5.73 Å². The van der Waals surface area contributed by atoms with E-state index in [9.17, 15) is 9.59 Å². The molecule has 1 aliphatic heterocycles. The summed E-state index contributed by atoms with van der Waals surface area (Å²) in [6.45, 7) is 5.60. The Morgan fingerprint density at radius 3 is 2.47 bits per heavy atom. The number of amides is 1. The smallest absolute Gasteiger partial charge is 0.411 e. The van der Waals surface area contributed by atoms with E-state index < -0.39 is 29.7 Å². The van der Waals surface area contributed by atoms with Gasteiger partial charge in [-0.25, -0.2) is 9.59 Å². The zero-order chi connectivity index (χ0) is 13.2. The maximum atomic E-state index is 11.9. The van der Waals surface area contributed by atoms with E-state index in [0.29, 0.717) is 19.4 Å². The van der Waals surface area contributed by atoms with Crippen molar-refractivity contribution in [1.29, 1.82) is 0 Å². The number of ether oxygens (including phenoxy) is 1. The molecule has 1 aliphatic rings. The van der Waals surface area contributed by atoms with Crippen molar-refractivity contribution in [2.45, 2.75) is 51.3 Å². The van der Waals surface area contributed by atoms with Crippen LogP contribution in [0.4, 0.5) is 4.79 Å². The molecule has 0 aromatic heterocycles. The highest BCUT2D eigenvalue weighted by Crippen LogP contribution is 2.20. The molecule has 1 amide bonds. The van der Waals surface area contributed by atoms with E-state index in [1.54, 1.807) is 20.8 Å². The van der Waals surface area contributed by atoms with Crippen LogP contribution in [0, 0.1) is 0 Å². The van der Waals surface area contributed by atoms with E-state index in [2.05, 4.69) is 0 Å². The number of aliphatic carboxylic acids is 1. The van der Waals surface area contributed by atoms with Crippen LogP contribution >= 0.6 is 0 Å². The molecule has 0 aromatic carbocycles. The third-order valence-corrected chi connectivity index (χ3v) is 2.56. The van der Waals surface area contributed by atoms with Crippen molar-refractivity contribution in [2.75, 3.05) is 6.54 Å². The van der Waals surface area contributed by atoms with Gasteiger partial charge in [-0.2, -0.15) is 0 Å². The molecule has 0 aromatic rings. The minimum atomic E-state index is -1.08. The molecule has 0 aliphatic carbocycles. The van der Waals surface area contributed by atoms with Crippen LogP contribution in [0.3, 0.4) is 0 Å². The second-order valence-electron chi connectivity index (χ2n) is 5.26. The first kappa shape index (κ1) is 13.8. The number of nitrogens with two attached hydrogens (primary N) is 1. The summed E-state index contributed by atoms with van der Waals surface area (Å²) in [7, 11) is 0. The molecule has 98 valence electrons. The third kappa shape index (κ3) is 3.59. The zero-order valence-corrected chi connectivity index (χ0v) is 10.5. The number of hydrogen-bond acceptors (Lipinski definition) is 4. The van der Waals surface area contributed by atoms with Crippen LogP contribution in [-0.4, -0.2) is 46.3 Å². The molecule has 17 heavy (non-hydrogen) atoms. The van der Waals surface area contributed by atoms with E-state index >= 15 is 0 Å². The van der Waals surface area contributed by atoms with Crippen molar-refractivity contribution in [3.8, 4) is 0 Å². The second kappa shape index (κ2) is 4.91. The lowest BCUT2D eigenvalue weighted by molar-refractivity contribution is -0.145. The van der Waals surface area contributed by atoms with Gasteiger partial charge in [-0.3, -0.25) is 4.90 Å². The van der Waals surface area contributed by atoms with E-state index in [-0.39, 0.29) is 0 Å². The first-order chi connectivity index (χ1) is 7.72. The first-order valence-electron chi connectivity index (χ1n) is 5.70. The number of hydrogen-bond donors (Lipinski definition) is 2. The highest BCUT2D eigenvalue weighted by Gasteiger charge is 2.39. The zero-order valence-electron chi connectivity index (χ0n) is 10.5. The van der Waals surface area contributed by atoms with Gasteiger partial charge in [0, 0.05) is 12.6 Å². The Kier molecular flexibility index (Phi) is 3.98. The van der Waals surface area contributed by atoms with Crippen molar-refractivity contribution < 1.29 is 19.4 Å². The number of carbonyl (C=O) groups excluding carboxylic acids is 1. The SMILES string of the molecule is CC(C)(C)OC(=O)N1CCCC(N)C1C(=O)O. The summed E-state index contributed by atoms with van der Waals surface area (Å²) < 4.78 is 5.17. The fraction of sp³-hybridized carbons (Fsp3) is 0.818. The third-order valence-electron chi connectivity index (χ3n) is 2.56. The maximum absolute atomic E-state index is 11.9. The summed E-state index contributed by atoms with van der Waals surface area (Å²) >= 11 is 0. The number of nitrogens with zero attached hydrogens (tertiary/aromatic N) is 1. The van der Waals surface area contributed by atoms with Gasteiger partial charge in [0.15, 0.2) is 0 Å². The minimum Gasteiger partial charge on any atom is -0.480 e. The molecule has 1 heterocycles. The first-order valence-corrected chi connectivity index (χ1v) is 5.70. The van der Waals surface area contributed by atoms with Gasteiger partial charge in [-0.05, 0) is 33.6 Å². The lowest BCUT2D eigenvalue weighted by Crippen LogP contribution is -2.58. The Hall–Kier alpha value is -1.30. The van der Waals surface area contributed by atoms with E-state index in [4.69, 9.17) is 15.6 Å². The molecule has 1 rings (SSSR count). The van der Waals surface area contributed by atoms with Gasteiger partial charge in [0.05, 0.1) is 0 Å². The Morgan fingerprint density at radius 2 is 2.00 bits per heavy atom. The van der Waals surface area contributed by atoms with Crippen LogP contribution in [0.1, 0.15) is 33.6 Å². The molecule has 0 radical (unpaired) electrons. The Bertz CT molecular complexity index is 311. The normalized spacial score (nSPS) is 25.5. The lowest BCUT2D eigenvalue weighted by atomic mass is 9.97. The van der Waals surface area contributed by atoms with E-state index in [1.807, 2.05) is 0 Å². The van der Waals surface area contributed by atoms with Crippen LogP contribution in [0.15, 0.2) is 0 Å². The maximum Gasteiger partial charge on any atom is 0.411 e. The van der Waals surface area contributed by atoms with Crippen LogP contribution in [0.5, 0.6) is 0 Å². The molecule has 2 atom stereocenters.